The Labute approximate surface area is 143 Å². The molecule has 2 aliphatic carbocycles. The monoisotopic (exact) mass is 346 g/mol. The maximum atomic E-state index is 12.3. The Kier molecular flexibility index (Phi) is 4.18. The Morgan fingerprint density at radius 2 is 2.12 bits per heavy atom. The molecule has 3 atom stereocenters. The van der Waals surface area contributed by atoms with Gasteiger partial charge in [0.05, 0.1) is 10.8 Å². The fourth-order valence-corrected chi connectivity index (χ4v) is 4.39. The molecule has 2 aromatic rings. The van der Waals surface area contributed by atoms with Crippen molar-refractivity contribution in [2.24, 2.45) is 17.8 Å². The van der Waals surface area contributed by atoms with Crippen LogP contribution in [0.4, 0.5) is 0 Å². The van der Waals surface area contributed by atoms with Crippen LogP contribution in [0.2, 0.25) is 0 Å². The van der Waals surface area contributed by atoms with Crippen molar-refractivity contribution in [3.8, 4) is 10.7 Å². The zero-order chi connectivity index (χ0) is 16.5. The molecule has 0 spiro atoms. The van der Waals surface area contributed by atoms with Crippen LogP contribution >= 0.6 is 11.3 Å². The first-order chi connectivity index (χ1) is 11.7. The van der Waals surface area contributed by atoms with Crippen molar-refractivity contribution in [3.05, 3.63) is 23.4 Å². The lowest BCUT2D eigenvalue weighted by atomic mass is 9.67. The molecule has 126 valence electrons. The molecule has 0 radical (unpaired) electrons. The van der Waals surface area contributed by atoms with E-state index >= 15 is 0 Å². The first-order valence-electron chi connectivity index (χ1n) is 8.27. The maximum absolute atomic E-state index is 12.3. The van der Waals surface area contributed by atoms with Gasteiger partial charge in [-0.2, -0.15) is 4.98 Å². The average molecular weight is 346 g/mol. The summed E-state index contributed by atoms with van der Waals surface area (Å²) in [6.45, 7) is -0.0169. The SMILES string of the molecule is O=C(OCc1nc(-c2cccs2)no1)C1C[C@H]2CCC[C@@H](C1)C2=O. The number of ketones is 1. The van der Waals surface area contributed by atoms with E-state index in [0.29, 0.717) is 30.3 Å². The molecule has 2 heterocycles. The second-order valence-electron chi connectivity index (χ2n) is 6.49. The maximum Gasteiger partial charge on any atom is 0.309 e. The number of fused-ring (bicyclic) bond motifs is 2. The Morgan fingerprint density at radius 3 is 2.83 bits per heavy atom. The molecule has 2 aliphatic rings. The lowest BCUT2D eigenvalue weighted by molar-refractivity contribution is -0.155. The van der Waals surface area contributed by atoms with Gasteiger partial charge in [-0.25, -0.2) is 0 Å². The first-order valence-corrected chi connectivity index (χ1v) is 9.15. The third kappa shape index (κ3) is 3.00. The summed E-state index contributed by atoms with van der Waals surface area (Å²) in [6, 6.07) is 3.82. The van der Waals surface area contributed by atoms with E-state index in [2.05, 4.69) is 10.1 Å². The summed E-state index contributed by atoms with van der Waals surface area (Å²) in [5.74, 6) is 0.802. The first kappa shape index (κ1) is 15.5. The van der Waals surface area contributed by atoms with Gasteiger partial charge < -0.3 is 9.26 Å². The van der Waals surface area contributed by atoms with E-state index in [1.165, 1.54) is 11.3 Å². The minimum atomic E-state index is -0.254. The zero-order valence-corrected chi connectivity index (χ0v) is 14.0. The number of hydrogen-bond donors (Lipinski definition) is 0. The summed E-state index contributed by atoms with van der Waals surface area (Å²) in [7, 11) is 0. The molecule has 2 aromatic heterocycles. The van der Waals surface area contributed by atoms with Crippen LogP contribution in [-0.4, -0.2) is 21.9 Å². The van der Waals surface area contributed by atoms with Gasteiger partial charge in [0.15, 0.2) is 6.61 Å². The van der Waals surface area contributed by atoms with Gasteiger partial charge in [-0.15, -0.1) is 11.3 Å². The van der Waals surface area contributed by atoms with Gasteiger partial charge in [0.2, 0.25) is 5.82 Å². The third-order valence-corrected chi connectivity index (χ3v) is 5.79. The second kappa shape index (κ2) is 6.47. The summed E-state index contributed by atoms with van der Waals surface area (Å²) in [5.41, 5.74) is 0. The van der Waals surface area contributed by atoms with Crippen LogP contribution in [0.25, 0.3) is 10.7 Å². The van der Waals surface area contributed by atoms with Crippen molar-refractivity contribution >= 4 is 23.1 Å². The highest BCUT2D eigenvalue weighted by Gasteiger charge is 2.41. The van der Waals surface area contributed by atoms with E-state index in [9.17, 15) is 9.59 Å². The van der Waals surface area contributed by atoms with Crippen LogP contribution in [0.15, 0.2) is 22.0 Å². The molecule has 24 heavy (non-hydrogen) atoms. The molecular formula is C17H18N2O4S. The normalized spacial score (nSPS) is 26.3. The molecule has 2 bridgehead atoms. The van der Waals surface area contributed by atoms with E-state index in [1.54, 1.807) is 0 Å². The van der Waals surface area contributed by atoms with Crippen molar-refractivity contribution < 1.29 is 18.8 Å². The summed E-state index contributed by atoms with van der Waals surface area (Å²) in [5, 5.41) is 5.83. The van der Waals surface area contributed by atoms with Gasteiger partial charge in [0.1, 0.15) is 5.78 Å². The Hall–Kier alpha value is -2.02. The molecule has 7 heteroatoms. The standard InChI is InChI=1S/C17H18N2O4S/c20-15-10-3-1-4-11(15)8-12(7-10)17(21)22-9-14-18-16(19-23-14)13-5-2-6-24-13/h2,5-6,10-12H,1,3-4,7-9H2/t10-,11+,12?. The van der Waals surface area contributed by atoms with Gasteiger partial charge in [-0.3, -0.25) is 9.59 Å². The number of Topliss-reactive ketones (excluding diaryl/α,β-unsaturated/α-hetero) is 1. The molecule has 0 aromatic carbocycles. The third-order valence-electron chi connectivity index (χ3n) is 4.93. The van der Waals surface area contributed by atoms with Crippen molar-refractivity contribution in [3.63, 3.8) is 0 Å². The van der Waals surface area contributed by atoms with E-state index in [1.807, 2.05) is 17.5 Å². The van der Waals surface area contributed by atoms with E-state index in [-0.39, 0.29) is 30.3 Å². The topological polar surface area (TPSA) is 82.3 Å². The number of carbonyl (C=O) groups is 2. The van der Waals surface area contributed by atoms with Crippen LogP contribution < -0.4 is 0 Å². The number of hydrogen-bond acceptors (Lipinski definition) is 7. The number of esters is 1. The van der Waals surface area contributed by atoms with Crippen molar-refractivity contribution in [1.29, 1.82) is 0 Å². The molecule has 6 nitrogen and oxygen atoms in total. The summed E-state index contributed by atoms with van der Waals surface area (Å²) in [6.07, 6.45) is 4.16. The number of rotatable bonds is 4. The quantitative estimate of drug-likeness (QED) is 0.791. The summed E-state index contributed by atoms with van der Waals surface area (Å²) >= 11 is 1.52. The molecule has 0 aliphatic heterocycles. The van der Waals surface area contributed by atoms with Crippen LogP contribution in [0, 0.1) is 17.8 Å². The summed E-state index contributed by atoms with van der Waals surface area (Å²) in [4.78, 5) is 29.6. The minimum Gasteiger partial charge on any atom is -0.455 e. The van der Waals surface area contributed by atoms with Crippen molar-refractivity contribution in [2.45, 2.75) is 38.7 Å². The van der Waals surface area contributed by atoms with Crippen molar-refractivity contribution in [1.82, 2.24) is 10.1 Å². The molecule has 1 unspecified atom stereocenters. The lowest BCUT2D eigenvalue weighted by Gasteiger charge is -2.36. The van der Waals surface area contributed by atoms with Gasteiger partial charge in [-0.05, 0) is 37.1 Å². The second-order valence-corrected chi connectivity index (χ2v) is 7.44. The van der Waals surface area contributed by atoms with Crippen LogP contribution in [-0.2, 0) is 20.9 Å². The van der Waals surface area contributed by atoms with Gasteiger partial charge in [0, 0.05) is 11.8 Å². The molecule has 2 fully saturated rings. The fraction of sp³-hybridized carbons (Fsp3) is 0.529. The molecule has 2 saturated carbocycles. The number of nitrogens with zero attached hydrogens (tertiary/aromatic N) is 2. The Bertz CT molecular complexity index is 724. The molecule has 0 amide bonds. The average Bonchev–Trinajstić information content (AvgIpc) is 3.23. The van der Waals surface area contributed by atoms with Gasteiger partial charge in [0.25, 0.3) is 5.89 Å². The smallest absolute Gasteiger partial charge is 0.309 e. The van der Waals surface area contributed by atoms with Gasteiger partial charge >= 0.3 is 5.97 Å². The van der Waals surface area contributed by atoms with Crippen LogP contribution in [0.1, 0.15) is 38.0 Å². The largest absolute Gasteiger partial charge is 0.455 e. The van der Waals surface area contributed by atoms with Crippen LogP contribution in [0.3, 0.4) is 0 Å². The van der Waals surface area contributed by atoms with E-state index < -0.39 is 0 Å². The molecular weight excluding hydrogens is 328 g/mol. The van der Waals surface area contributed by atoms with E-state index in [4.69, 9.17) is 9.26 Å². The van der Waals surface area contributed by atoms with E-state index in [0.717, 1.165) is 24.1 Å². The lowest BCUT2D eigenvalue weighted by Crippen LogP contribution is -2.39. The minimum absolute atomic E-state index is 0.0169. The highest BCUT2D eigenvalue weighted by atomic mass is 32.1. The fourth-order valence-electron chi connectivity index (χ4n) is 3.74. The number of ether oxygens (including phenoxy) is 1. The number of thiophene rings is 1. The predicted octanol–water partition coefficient (Wildman–Crippen LogP) is 3.24. The van der Waals surface area contributed by atoms with Crippen molar-refractivity contribution in [2.75, 3.05) is 0 Å². The predicted molar refractivity (Wildman–Crippen MR) is 86.0 cm³/mol. The Balaban J connectivity index is 1.34. The highest BCUT2D eigenvalue weighted by Crippen LogP contribution is 2.40. The molecule has 0 N–H and O–H groups in total. The van der Waals surface area contributed by atoms with Crippen LogP contribution in [0.5, 0.6) is 0 Å². The Morgan fingerprint density at radius 1 is 1.33 bits per heavy atom. The van der Waals surface area contributed by atoms with Gasteiger partial charge in [-0.1, -0.05) is 17.6 Å². The molecule has 4 rings (SSSR count). The molecule has 0 saturated heterocycles. The number of carbonyl (C=O) groups excluding carboxylic acids is 2. The number of aromatic nitrogens is 2. The zero-order valence-electron chi connectivity index (χ0n) is 13.1. The highest BCUT2D eigenvalue weighted by molar-refractivity contribution is 7.13. The summed E-state index contributed by atoms with van der Waals surface area (Å²) < 4.78 is 10.5.